The molecule has 0 aromatic heterocycles. The Morgan fingerprint density at radius 2 is 2.21 bits per heavy atom. The molecule has 1 rings (SSSR count). The van der Waals surface area contributed by atoms with Crippen molar-refractivity contribution in [2.75, 3.05) is 6.61 Å². The first-order chi connectivity index (χ1) is 6.56. The summed E-state index contributed by atoms with van der Waals surface area (Å²) in [4.78, 5) is 0. The molecular weight excluding hydrogens is 205 g/mol. The zero-order valence-electron chi connectivity index (χ0n) is 7.93. The van der Waals surface area contributed by atoms with E-state index in [1.54, 1.807) is 13.0 Å². The Kier molecular flexibility index (Phi) is 3.86. The number of rotatable bonds is 3. The van der Waals surface area contributed by atoms with Gasteiger partial charge in [0.05, 0.1) is 0 Å². The van der Waals surface area contributed by atoms with E-state index in [0.717, 1.165) is 0 Å². The second-order valence-electron chi connectivity index (χ2n) is 3.24. The Morgan fingerprint density at radius 3 is 2.79 bits per heavy atom. The van der Waals surface area contributed by atoms with Crippen LogP contribution in [0, 0.1) is 12.7 Å². The van der Waals surface area contributed by atoms with Gasteiger partial charge in [-0.2, -0.15) is 0 Å². The molecule has 0 aliphatic heterocycles. The number of aryl methyl sites for hydroxylation is 1. The standard InChI is InChI=1S/C10H13ClFNO/c1-6-4-7(11)5-8(10(6)12)9(13)2-3-14/h4-5,9,14H,2-3,13H2,1H3. The third kappa shape index (κ3) is 2.44. The summed E-state index contributed by atoms with van der Waals surface area (Å²) < 4.78 is 13.5. The highest BCUT2D eigenvalue weighted by Gasteiger charge is 2.13. The van der Waals surface area contributed by atoms with Crippen LogP contribution in [0.5, 0.6) is 0 Å². The van der Waals surface area contributed by atoms with Crippen LogP contribution in [0.4, 0.5) is 4.39 Å². The van der Waals surface area contributed by atoms with Gasteiger partial charge in [-0.15, -0.1) is 0 Å². The van der Waals surface area contributed by atoms with Crippen LogP contribution < -0.4 is 5.73 Å². The summed E-state index contributed by atoms with van der Waals surface area (Å²) in [5.74, 6) is -0.338. The monoisotopic (exact) mass is 217 g/mol. The molecule has 0 saturated heterocycles. The van der Waals surface area contributed by atoms with Crippen LogP contribution >= 0.6 is 11.6 Å². The van der Waals surface area contributed by atoms with Crippen LogP contribution in [0.1, 0.15) is 23.6 Å². The lowest BCUT2D eigenvalue weighted by atomic mass is 10.0. The first kappa shape index (κ1) is 11.4. The maximum Gasteiger partial charge on any atom is 0.130 e. The Labute approximate surface area is 87.5 Å². The molecule has 1 atom stereocenters. The van der Waals surface area contributed by atoms with Gasteiger partial charge in [-0.05, 0) is 31.0 Å². The second kappa shape index (κ2) is 4.73. The van der Waals surface area contributed by atoms with Gasteiger partial charge >= 0.3 is 0 Å². The topological polar surface area (TPSA) is 46.2 Å². The normalized spacial score (nSPS) is 12.9. The third-order valence-corrected chi connectivity index (χ3v) is 2.31. The van der Waals surface area contributed by atoms with Crippen molar-refractivity contribution in [1.82, 2.24) is 0 Å². The van der Waals surface area contributed by atoms with Gasteiger partial charge in [-0.25, -0.2) is 4.39 Å². The van der Waals surface area contributed by atoms with E-state index in [0.29, 0.717) is 22.6 Å². The highest BCUT2D eigenvalue weighted by Crippen LogP contribution is 2.24. The van der Waals surface area contributed by atoms with Gasteiger partial charge in [0.2, 0.25) is 0 Å². The van der Waals surface area contributed by atoms with E-state index in [1.165, 1.54) is 6.07 Å². The summed E-state index contributed by atoms with van der Waals surface area (Å²) in [7, 11) is 0. The Morgan fingerprint density at radius 1 is 1.57 bits per heavy atom. The molecule has 0 aliphatic carbocycles. The van der Waals surface area contributed by atoms with E-state index < -0.39 is 6.04 Å². The van der Waals surface area contributed by atoms with Gasteiger partial charge in [-0.1, -0.05) is 11.6 Å². The zero-order chi connectivity index (χ0) is 10.7. The molecule has 0 heterocycles. The molecular formula is C10H13ClFNO. The van der Waals surface area contributed by atoms with E-state index in [4.69, 9.17) is 22.4 Å². The molecule has 0 amide bonds. The lowest BCUT2D eigenvalue weighted by Gasteiger charge is -2.13. The number of aliphatic hydroxyl groups is 1. The molecule has 78 valence electrons. The van der Waals surface area contributed by atoms with Crippen molar-refractivity contribution < 1.29 is 9.50 Å². The first-order valence-corrected chi connectivity index (χ1v) is 4.76. The number of hydrogen-bond acceptors (Lipinski definition) is 2. The molecule has 2 nitrogen and oxygen atoms in total. The van der Waals surface area contributed by atoms with Crippen molar-refractivity contribution in [2.45, 2.75) is 19.4 Å². The molecule has 1 aromatic rings. The van der Waals surface area contributed by atoms with Gasteiger partial charge in [0.15, 0.2) is 0 Å². The average Bonchev–Trinajstić information content (AvgIpc) is 2.11. The Bertz CT molecular complexity index is 330. The van der Waals surface area contributed by atoms with Crippen molar-refractivity contribution >= 4 is 11.6 Å². The molecule has 0 spiro atoms. The van der Waals surface area contributed by atoms with Crippen molar-refractivity contribution in [3.8, 4) is 0 Å². The summed E-state index contributed by atoms with van der Waals surface area (Å²) >= 11 is 5.78. The summed E-state index contributed by atoms with van der Waals surface area (Å²) in [6.07, 6.45) is 0.330. The fourth-order valence-electron chi connectivity index (χ4n) is 1.32. The lowest BCUT2D eigenvalue weighted by molar-refractivity contribution is 0.275. The summed E-state index contributed by atoms with van der Waals surface area (Å²) in [6, 6.07) is 2.55. The van der Waals surface area contributed by atoms with Crippen molar-refractivity contribution in [3.63, 3.8) is 0 Å². The lowest BCUT2D eigenvalue weighted by Crippen LogP contribution is -2.14. The highest BCUT2D eigenvalue weighted by molar-refractivity contribution is 6.30. The van der Waals surface area contributed by atoms with Gasteiger partial charge in [-0.3, -0.25) is 0 Å². The fourth-order valence-corrected chi connectivity index (χ4v) is 1.60. The summed E-state index contributed by atoms with van der Waals surface area (Å²) in [6.45, 7) is 1.57. The van der Waals surface area contributed by atoms with Crippen LogP contribution in [0.25, 0.3) is 0 Å². The van der Waals surface area contributed by atoms with Crippen LogP contribution in [0.2, 0.25) is 5.02 Å². The zero-order valence-corrected chi connectivity index (χ0v) is 8.68. The first-order valence-electron chi connectivity index (χ1n) is 4.38. The van der Waals surface area contributed by atoms with Gasteiger partial charge in [0, 0.05) is 23.2 Å². The minimum absolute atomic E-state index is 0.0633. The van der Waals surface area contributed by atoms with E-state index in [2.05, 4.69) is 0 Å². The van der Waals surface area contributed by atoms with E-state index in [9.17, 15) is 4.39 Å². The minimum Gasteiger partial charge on any atom is -0.396 e. The van der Waals surface area contributed by atoms with Crippen molar-refractivity contribution in [1.29, 1.82) is 0 Å². The molecule has 0 bridgehead atoms. The average molecular weight is 218 g/mol. The molecule has 1 aromatic carbocycles. The maximum atomic E-state index is 13.5. The Balaban J connectivity index is 3.07. The van der Waals surface area contributed by atoms with Crippen LogP contribution in [0.3, 0.4) is 0 Å². The Hall–Kier alpha value is -0.640. The SMILES string of the molecule is Cc1cc(Cl)cc(C(N)CCO)c1F. The van der Waals surface area contributed by atoms with Gasteiger partial charge < -0.3 is 10.8 Å². The quantitative estimate of drug-likeness (QED) is 0.815. The molecule has 1 unspecified atom stereocenters. The maximum absolute atomic E-state index is 13.5. The van der Waals surface area contributed by atoms with Crippen LogP contribution in [0.15, 0.2) is 12.1 Å². The largest absolute Gasteiger partial charge is 0.396 e. The predicted molar refractivity (Wildman–Crippen MR) is 54.8 cm³/mol. The molecule has 0 radical (unpaired) electrons. The van der Waals surface area contributed by atoms with E-state index >= 15 is 0 Å². The molecule has 3 N–H and O–H groups in total. The van der Waals surface area contributed by atoms with Crippen LogP contribution in [-0.2, 0) is 0 Å². The minimum atomic E-state index is -0.502. The highest BCUT2D eigenvalue weighted by atomic mass is 35.5. The van der Waals surface area contributed by atoms with Crippen molar-refractivity contribution in [3.05, 3.63) is 34.1 Å². The summed E-state index contributed by atoms with van der Waals surface area (Å²) in [5.41, 5.74) is 6.52. The number of halogens is 2. The third-order valence-electron chi connectivity index (χ3n) is 2.09. The summed E-state index contributed by atoms with van der Waals surface area (Å²) in [5, 5.41) is 9.16. The van der Waals surface area contributed by atoms with E-state index in [-0.39, 0.29) is 12.4 Å². The molecule has 14 heavy (non-hydrogen) atoms. The fraction of sp³-hybridized carbons (Fsp3) is 0.400. The molecule has 0 fully saturated rings. The molecule has 4 heteroatoms. The number of aliphatic hydroxyl groups excluding tert-OH is 1. The number of benzene rings is 1. The van der Waals surface area contributed by atoms with Gasteiger partial charge in [0.25, 0.3) is 0 Å². The smallest absolute Gasteiger partial charge is 0.130 e. The van der Waals surface area contributed by atoms with Gasteiger partial charge in [0.1, 0.15) is 5.82 Å². The second-order valence-corrected chi connectivity index (χ2v) is 3.68. The predicted octanol–water partition coefficient (Wildman–Crippen LogP) is 2.17. The van der Waals surface area contributed by atoms with E-state index in [1.807, 2.05) is 0 Å². The van der Waals surface area contributed by atoms with Crippen molar-refractivity contribution in [2.24, 2.45) is 5.73 Å². The number of hydrogen-bond donors (Lipinski definition) is 2. The van der Waals surface area contributed by atoms with Crippen LogP contribution in [-0.4, -0.2) is 11.7 Å². The molecule has 0 aliphatic rings. The number of nitrogens with two attached hydrogens (primary N) is 1. The molecule has 0 saturated carbocycles.